The Morgan fingerprint density at radius 3 is 3.15 bits per heavy atom. The lowest BCUT2D eigenvalue weighted by Crippen LogP contribution is -2.24. The van der Waals surface area contributed by atoms with Gasteiger partial charge in [-0.05, 0) is 4.83 Å². The molecule has 68 valence electrons. The van der Waals surface area contributed by atoms with Gasteiger partial charge >= 0.3 is 0 Å². The van der Waals surface area contributed by atoms with E-state index < -0.39 is 0 Å². The van der Waals surface area contributed by atoms with Gasteiger partial charge in [0.15, 0.2) is 0 Å². The van der Waals surface area contributed by atoms with Crippen molar-refractivity contribution in [3.63, 3.8) is 0 Å². The first kappa shape index (κ1) is 10.2. The van der Waals surface area contributed by atoms with Gasteiger partial charge in [-0.3, -0.25) is 4.79 Å². The number of nitrogens with zero attached hydrogens (tertiary/aromatic N) is 2. The summed E-state index contributed by atoms with van der Waals surface area (Å²) in [7, 11) is 1.69. The first-order chi connectivity index (χ1) is 6.24. The molecule has 1 aromatic heterocycles. The molecule has 0 saturated heterocycles. The summed E-state index contributed by atoms with van der Waals surface area (Å²) in [6.45, 7) is 0.504. The van der Waals surface area contributed by atoms with Gasteiger partial charge in [0.1, 0.15) is 0 Å². The largest absolute Gasteiger partial charge is 0.329 e. The number of carbonyl (C=O) groups excluding carboxylic acids is 1. The third kappa shape index (κ3) is 3.17. The molecule has 5 heteroatoms. The normalized spacial score (nSPS) is 8.77. The number of rotatable bonds is 2. The molecule has 0 aliphatic carbocycles. The molecule has 0 N–H and O–H groups in total. The second-order valence-corrected chi connectivity index (χ2v) is 3.48. The van der Waals surface area contributed by atoms with Crippen molar-refractivity contribution < 1.29 is 4.79 Å². The second kappa shape index (κ2) is 5.00. The molecule has 1 aromatic rings. The molecule has 1 rings (SSSR count). The lowest BCUT2D eigenvalue weighted by atomic mass is 10.4. The van der Waals surface area contributed by atoms with Crippen LogP contribution < -0.4 is 0 Å². The Balaban J connectivity index is 2.54. The summed E-state index contributed by atoms with van der Waals surface area (Å²) < 4.78 is 0. The first-order valence-corrected chi connectivity index (χ1v) is 5.21. The monoisotopic (exact) mass is 258 g/mol. The predicted octanol–water partition coefficient (Wildman–Crippen LogP) is 1.46. The van der Waals surface area contributed by atoms with Crippen LogP contribution in [0.3, 0.4) is 0 Å². The highest BCUT2D eigenvalue weighted by atomic mass is 79.9. The zero-order valence-electron chi connectivity index (χ0n) is 6.95. The van der Waals surface area contributed by atoms with Gasteiger partial charge in [0, 0.05) is 34.3 Å². The lowest BCUT2D eigenvalue weighted by molar-refractivity contribution is -0.124. The van der Waals surface area contributed by atoms with Crippen molar-refractivity contribution in [2.24, 2.45) is 0 Å². The maximum absolute atomic E-state index is 11.2. The van der Waals surface area contributed by atoms with Crippen molar-refractivity contribution in [2.45, 2.75) is 6.54 Å². The van der Waals surface area contributed by atoms with E-state index in [0.717, 1.165) is 5.69 Å². The molecule has 0 atom stereocenters. The van der Waals surface area contributed by atoms with E-state index in [-0.39, 0.29) is 5.91 Å². The Labute approximate surface area is 88.9 Å². The van der Waals surface area contributed by atoms with Gasteiger partial charge in [-0.25, -0.2) is 4.98 Å². The summed E-state index contributed by atoms with van der Waals surface area (Å²) in [6.07, 6.45) is 0. The summed E-state index contributed by atoms with van der Waals surface area (Å²) in [5, 5.41) is 1.91. The van der Waals surface area contributed by atoms with E-state index in [1.807, 2.05) is 5.38 Å². The molecule has 0 fully saturated rings. The molecule has 0 saturated carbocycles. The van der Waals surface area contributed by atoms with Gasteiger partial charge in [0.05, 0.1) is 17.7 Å². The average molecular weight is 259 g/mol. The molecule has 0 radical (unpaired) electrons. The Morgan fingerprint density at radius 1 is 1.85 bits per heavy atom. The minimum Gasteiger partial charge on any atom is -0.329 e. The van der Waals surface area contributed by atoms with Crippen molar-refractivity contribution in [2.75, 3.05) is 7.05 Å². The molecular weight excluding hydrogens is 252 g/mol. The molecule has 1 amide bonds. The second-order valence-electron chi connectivity index (χ2n) is 2.36. The Morgan fingerprint density at radius 2 is 2.62 bits per heavy atom. The van der Waals surface area contributed by atoms with Crippen LogP contribution in [0.25, 0.3) is 0 Å². The number of carbonyl (C=O) groups is 1. The van der Waals surface area contributed by atoms with Gasteiger partial charge < -0.3 is 4.90 Å². The number of amides is 1. The summed E-state index contributed by atoms with van der Waals surface area (Å²) in [6, 6.07) is 0. The van der Waals surface area contributed by atoms with Crippen LogP contribution in [-0.4, -0.2) is 22.8 Å². The molecular formula is C8H7BrN2OS. The van der Waals surface area contributed by atoms with Gasteiger partial charge in [-0.15, -0.1) is 11.3 Å². The number of thiazole rings is 1. The zero-order valence-corrected chi connectivity index (χ0v) is 9.35. The van der Waals surface area contributed by atoms with E-state index in [9.17, 15) is 4.79 Å². The van der Waals surface area contributed by atoms with Crippen LogP contribution in [0.4, 0.5) is 0 Å². The summed E-state index contributed by atoms with van der Waals surface area (Å²) in [5.41, 5.74) is 2.63. The standard InChI is InChI=1S/C8H7BrN2OS/c1-11(8(12)2-3-9)4-7-5-13-6-10-7/h5-6H,4H2,1H3. The van der Waals surface area contributed by atoms with Crippen LogP contribution in [0.15, 0.2) is 10.9 Å². The third-order valence-corrected chi connectivity index (χ3v) is 2.22. The lowest BCUT2D eigenvalue weighted by Gasteiger charge is -2.10. The zero-order chi connectivity index (χ0) is 9.68. The van der Waals surface area contributed by atoms with Crippen LogP contribution in [0.1, 0.15) is 5.69 Å². The van der Waals surface area contributed by atoms with E-state index in [2.05, 4.69) is 31.7 Å². The van der Waals surface area contributed by atoms with Crippen LogP contribution in [-0.2, 0) is 11.3 Å². The first-order valence-electron chi connectivity index (χ1n) is 3.48. The maximum atomic E-state index is 11.2. The fourth-order valence-electron chi connectivity index (χ4n) is 0.766. The number of hydrogen-bond acceptors (Lipinski definition) is 3. The Kier molecular flexibility index (Phi) is 3.93. The average Bonchev–Trinajstić information content (AvgIpc) is 2.57. The highest BCUT2D eigenvalue weighted by molar-refractivity contribution is 9.12. The fraction of sp³-hybridized carbons (Fsp3) is 0.250. The van der Waals surface area contributed by atoms with Crippen molar-refractivity contribution >= 4 is 33.2 Å². The van der Waals surface area contributed by atoms with Gasteiger partial charge in [0.2, 0.25) is 0 Å². The number of hydrogen-bond donors (Lipinski definition) is 0. The summed E-state index contributed by atoms with van der Waals surface area (Å²) in [4.78, 5) is 19.1. The molecule has 13 heavy (non-hydrogen) atoms. The highest BCUT2D eigenvalue weighted by Gasteiger charge is 2.06. The molecule has 0 bridgehead atoms. The van der Waals surface area contributed by atoms with Crippen LogP contribution >= 0.6 is 27.3 Å². The molecule has 0 unspecified atom stereocenters. The molecule has 0 spiro atoms. The minimum atomic E-state index is -0.218. The van der Waals surface area contributed by atoms with Crippen molar-refractivity contribution in [3.8, 4) is 10.8 Å². The molecule has 1 heterocycles. The van der Waals surface area contributed by atoms with Crippen LogP contribution in [0, 0.1) is 10.8 Å². The van der Waals surface area contributed by atoms with Gasteiger partial charge in [0.25, 0.3) is 5.91 Å². The molecule has 0 aromatic carbocycles. The van der Waals surface area contributed by atoms with E-state index in [4.69, 9.17) is 0 Å². The van der Waals surface area contributed by atoms with E-state index >= 15 is 0 Å². The van der Waals surface area contributed by atoms with E-state index in [0.29, 0.717) is 6.54 Å². The van der Waals surface area contributed by atoms with Crippen molar-refractivity contribution in [1.29, 1.82) is 0 Å². The SMILES string of the molecule is CN(Cc1cscn1)C(=O)C#CBr. The topological polar surface area (TPSA) is 33.2 Å². The van der Waals surface area contributed by atoms with Gasteiger partial charge in [-0.2, -0.15) is 0 Å². The van der Waals surface area contributed by atoms with Gasteiger partial charge in [-0.1, -0.05) is 0 Å². The molecule has 3 nitrogen and oxygen atoms in total. The van der Waals surface area contributed by atoms with Crippen molar-refractivity contribution in [3.05, 3.63) is 16.6 Å². The molecule has 0 aliphatic rings. The molecule has 0 aliphatic heterocycles. The fourth-order valence-corrected chi connectivity index (χ4v) is 1.49. The minimum absolute atomic E-state index is 0.218. The third-order valence-electron chi connectivity index (χ3n) is 1.38. The number of aromatic nitrogens is 1. The van der Waals surface area contributed by atoms with Crippen LogP contribution in [0.5, 0.6) is 0 Å². The Bertz CT molecular complexity index is 339. The van der Waals surface area contributed by atoms with E-state index in [1.54, 1.807) is 12.6 Å². The van der Waals surface area contributed by atoms with Crippen LogP contribution in [0.2, 0.25) is 0 Å². The maximum Gasteiger partial charge on any atom is 0.299 e. The van der Waals surface area contributed by atoms with Crippen molar-refractivity contribution in [1.82, 2.24) is 9.88 Å². The predicted molar refractivity (Wildman–Crippen MR) is 55.3 cm³/mol. The summed E-state index contributed by atoms with van der Waals surface area (Å²) in [5.74, 6) is 2.17. The quantitative estimate of drug-likeness (QED) is 0.753. The highest BCUT2D eigenvalue weighted by Crippen LogP contribution is 2.03. The Hall–Kier alpha value is -0.860. The smallest absolute Gasteiger partial charge is 0.299 e. The van der Waals surface area contributed by atoms with E-state index in [1.165, 1.54) is 16.2 Å². The number of halogens is 1. The summed E-state index contributed by atoms with van der Waals surface area (Å²) >= 11 is 4.39.